The third-order valence-corrected chi connectivity index (χ3v) is 4.75. The molecule has 0 aromatic heterocycles. The van der Waals surface area contributed by atoms with Gasteiger partial charge in [-0.2, -0.15) is 0 Å². The van der Waals surface area contributed by atoms with Crippen LogP contribution in [0.3, 0.4) is 0 Å². The number of hydrogen-bond acceptors (Lipinski definition) is 2. The van der Waals surface area contributed by atoms with Crippen molar-refractivity contribution in [2.75, 3.05) is 24.5 Å². The standard InChI is InChI=1S/C21H26N2O/c1-3-23-14-4-5-19-15-17(8-11-20(19)23)12-13-22-21(24)18-9-6-16(2)7-10-18/h6-11,15H,3-5,12-14H2,1-2H3,(H,22,24). The second-order valence-corrected chi connectivity index (χ2v) is 6.52. The fourth-order valence-electron chi connectivity index (χ4n) is 3.34. The van der Waals surface area contributed by atoms with Gasteiger partial charge >= 0.3 is 0 Å². The number of fused-ring (bicyclic) bond motifs is 1. The minimum Gasteiger partial charge on any atom is -0.372 e. The molecule has 0 saturated carbocycles. The van der Waals surface area contributed by atoms with Crippen LogP contribution in [0.4, 0.5) is 5.69 Å². The molecule has 0 atom stereocenters. The highest BCUT2D eigenvalue weighted by Gasteiger charge is 2.15. The zero-order chi connectivity index (χ0) is 16.9. The van der Waals surface area contributed by atoms with Crippen LogP contribution >= 0.6 is 0 Å². The quantitative estimate of drug-likeness (QED) is 0.909. The van der Waals surface area contributed by atoms with Crippen LogP contribution in [-0.2, 0) is 12.8 Å². The van der Waals surface area contributed by atoms with Gasteiger partial charge in [0.1, 0.15) is 0 Å². The molecule has 126 valence electrons. The SMILES string of the molecule is CCN1CCCc2cc(CCNC(=O)c3ccc(C)cc3)ccc21. The molecule has 1 amide bonds. The van der Waals surface area contributed by atoms with Crippen LogP contribution < -0.4 is 10.2 Å². The lowest BCUT2D eigenvalue weighted by Gasteiger charge is -2.30. The summed E-state index contributed by atoms with van der Waals surface area (Å²) in [5.41, 5.74) is 6.03. The lowest BCUT2D eigenvalue weighted by Crippen LogP contribution is -2.29. The number of anilines is 1. The van der Waals surface area contributed by atoms with Crippen molar-refractivity contribution in [3.8, 4) is 0 Å². The molecule has 0 saturated heterocycles. The van der Waals surface area contributed by atoms with Crippen molar-refractivity contribution in [2.24, 2.45) is 0 Å². The second-order valence-electron chi connectivity index (χ2n) is 6.52. The van der Waals surface area contributed by atoms with Crippen molar-refractivity contribution in [3.05, 3.63) is 64.7 Å². The van der Waals surface area contributed by atoms with Gasteiger partial charge in [-0.05, 0) is 62.4 Å². The fourth-order valence-corrected chi connectivity index (χ4v) is 3.34. The van der Waals surface area contributed by atoms with Crippen LogP contribution in [-0.4, -0.2) is 25.5 Å². The van der Waals surface area contributed by atoms with E-state index in [0.29, 0.717) is 6.54 Å². The molecule has 3 rings (SSSR count). The van der Waals surface area contributed by atoms with Gasteiger partial charge in [0.2, 0.25) is 0 Å². The van der Waals surface area contributed by atoms with Crippen molar-refractivity contribution in [1.29, 1.82) is 0 Å². The largest absolute Gasteiger partial charge is 0.372 e. The second kappa shape index (κ2) is 7.52. The summed E-state index contributed by atoms with van der Waals surface area (Å²) in [6, 6.07) is 14.5. The molecule has 2 aromatic carbocycles. The van der Waals surface area contributed by atoms with E-state index in [0.717, 1.165) is 31.5 Å². The minimum absolute atomic E-state index is 0.00474. The summed E-state index contributed by atoms with van der Waals surface area (Å²) in [7, 11) is 0. The molecule has 3 heteroatoms. The van der Waals surface area contributed by atoms with Gasteiger partial charge in [-0.15, -0.1) is 0 Å². The minimum atomic E-state index is 0.00474. The van der Waals surface area contributed by atoms with Gasteiger partial charge in [0.25, 0.3) is 5.91 Å². The first-order chi connectivity index (χ1) is 11.7. The zero-order valence-corrected chi connectivity index (χ0v) is 14.6. The summed E-state index contributed by atoms with van der Waals surface area (Å²) >= 11 is 0. The maximum absolute atomic E-state index is 12.1. The van der Waals surface area contributed by atoms with Crippen molar-refractivity contribution in [2.45, 2.75) is 33.1 Å². The van der Waals surface area contributed by atoms with Crippen LogP contribution in [0.5, 0.6) is 0 Å². The average Bonchev–Trinajstić information content (AvgIpc) is 2.61. The molecule has 0 spiro atoms. The number of carbonyl (C=O) groups is 1. The number of hydrogen-bond donors (Lipinski definition) is 1. The summed E-state index contributed by atoms with van der Waals surface area (Å²) in [6.45, 7) is 7.14. The van der Waals surface area contributed by atoms with Crippen molar-refractivity contribution in [1.82, 2.24) is 5.32 Å². The smallest absolute Gasteiger partial charge is 0.251 e. The Bertz CT molecular complexity index is 706. The molecule has 0 fully saturated rings. The van der Waals surface area contributed by atoms with E-state index in [-0.39, 0.29) is 5.91 Å². The normalized spacial score (nSPS) is 13.5. The summed E-state index contributed by atoms with van der Waals surface area (Å²) in [4.78, 5) is 14.6. The van der Waals surface area contributed by atoms with Gasteiger partial charge in [-0.3, -0.25) is 4.79 Å². The maximum Gasteiger partial charge on any atom is 0.251 e. The molecule has 1 N–H and O–H groups in total. The first-order valence-electron chi connectivity index (χ1n) is 8.89. The highest BCUT2D eigenvalue weighted by atomic mass is 16.1. The Hall–Kier alpha value is -2.29. The van der Waals surface area contributed by atoms with Crippen molar-refractivity contribution in [3.63, 3.8) is 0 Å². The van der Waals surface area contributed by atoms with Gasteiger partial charge in [-0.25, -0.2) is 0 Å². The van der Waals surface area contributed by atoms with Gasteiger partial charge in [0, 0.05) is 30.9 Å². The van der Waals surface area contributed by atoms with E-state index < -0.39 is 0 Å². The van der Waals surface area contributed by atoms with E-state index in [4.69, 9.17) is 0 Å². The molecule has 0 unspecified atom stereocenters. The molecule has 24 heavy (non-hydrogen) atoms. The van der Waals surface area contributed by atoms with E-state index in [1.54, 1.807) is 0 Å². The number of rotatable bonds is 5. The zero-order valence-electron chi connectivity index (χ0n) is 14.6. The van der Waals surface area contributed by atoms with Crippen LogP contribution in [0.2, 0.25) is 0 Å². The first-order valence-corrected chi connectivity index (χ1v) is 8.89. The number of aryl methyl sites for hydroxylation is 2. The summed E-state index contributed by atoms with van der Waals surface area (Å²) in [6.07, 6.45) is 3.26. The highest BCUT2D eigenvalue weighted by Crippen LogP contribution is 2.27. The lowest BCUT2D eigenvalue weighted by atomic mass is 9.98. The Labute approximate surface area is 144 Å². The highest BCUT2D eigenvalue weighted by molar-refractivity contribution is 5.94. The van der Waals surface area contributed by atoms with E-state index in [1.807, 2.05) is 31.2 Å². The molecular weight excluding hydrogens is 296 g/mol. The van der Waals surface area contributed by atoms with Crippen LogP contribution in [0.1, 0.15) is 40.4 Å². The molecule has 1 aliphatic rings. The molecule has 1 aliphatic heterocycles. The van der Waals surface area contributed by atoms with E-state index in [1.165, 1.54) is 28.8 Å². The number of nitrogens with zero attached hydrogens (tertiary/aromatic N) is 1. The molecule has 3 nitrogen and oxygen atoms in total. The van der Waals surface area contributed by atoms with Crippen molar-refractivity contribution < 1.29 is 4.79 Å². The van der Waals surface area contributed by atoms with E-state index in [2.05, 4.69) is 35.3 Å². The lowest BCUT2D eigenvalue weighted by molar-refractivity contribution is 0.0954. The Balaban J connectivity index is 1.57. The Morgan fingerprint density at radius 1 is 1.17 bits per heavy atom. The molecule has 2 aromatic rings. The molecule has 0 radical (unpaired) electrons. The van der Waals surface area contributed by atoms with Crippen LogP contribution in [0, 0.1) is 6.92 Å². The Morgan fingerprint density at radius 2 is 1.96 bits per heavy atom. The Kier molecular flexibility index (Phi) is 5.19. The van der Waals surface area contributed by atoms with Crippen LogP contribution in [0.25, 0.3) is 0 Å². The molecule has 0 aliphatic carbocycles. The topological polar surface area (TPSA) is 32.3 Å². The van der Waals surface area contributed by atoms with Crippen LogP contribution in [0.15, 0.2) is 42.5 Å². The van der Waals surface area contributed by atoms with Gasteiger partial charge in [0.15, 0.2) is 0 Å². The monoisotopic (exact) mass is 322 g/mol. The Morgan fingerprint density at radius 3 is 2.71 bits per heavy atom. The average molecular weight is 322 g/mol. The summed E-state index contributed by atoms with van der Waals surface area (Å²) in [5.74, 6) is 0.00474. The molecule has 0 bridgehead atoms. The number of amides is 1. The number of carbonyl (C=O) groups excluding carboxylic acids is 1. The predicted molar refractivity (Wildman–Crippen MR) is 99.9 cm³/mol. The fraction of sp³-hybridized carbons (Fsp3) is 0.381. The van der Waals surface area contributed by atoms with E-state index in [9.17, 15) is 4.79 Å². The number of benzene rings is 2. The summed E-state index contributed by atoms with van der Waals surface area (Å²) < 4.78 is 0. The van der Waals surface area contributed by atoms with Gasteiger partial charge in [-0.1, -0.05) is 29.8 Å². The molecular formula is C21H26N2O. The number of nitrogens with one attached hydrogen (secondary N) is 1. The predicted octanol–water partition coefficient (Wildman–Crippen LogP) is 3.74. The van der Waals surface area contributed by atoms with E-state index >= 15 is 0 Å². The third-order valence-electron chi connectivity index (χ3n) is 4.75. The molecule has 1 heterocycles. The van der Waals surface area contributed by atoms with Gasteiger partial charge in [0.05, 0.1) is 0 Å². The first kappa shape index (κ1) is 16.6. The summed E-state index contributed by atoms with van der Waals surface area (Å²) in [5, 5.41) is 3.02. The third kappa shape index (κ3) is 3.78. The van der Waals surface area contributed by atoms with Crippen molar-refractivity contribution >= 4 is 11.6 Å². The maximum atomic E-state index is 12.1. The van der Waals surface area contributed by atoms with Gasteiger partial charge < -0.3 is 10.2 Å².